The Hall–Kier alpha value is -2.31. The number of hydrogen-bond donors (Lipinski definition) is 2. The van der Waals surface area contributed by atoms with Gasteiger partial charge >= 0.3 is 0 Å². The molecule has 7 heteroatoms. The van der Waals surface area contributed by atoms with Gasteiger partial charge in [0.2, 0.25) is 5.91 Å². The van der Waals surface area contributed by atoms with Crippen molar-refractivity contribution in [2.24, 2.45) is 0 Å². The number of halogens is 1. The first-order chi connectivity index (χ1) is 11.7. The molecule has 1 aromatic heterocycles. The van der Waals surface area contributed by atoms with E-state index in [0.29, 0.717) is 5.82 Å². The van der Waals surface area contributed by atoms with Crippen LogP contribution in [0.1, 0.15) is 55.8 Å². The number of nitrogens with zero attached hydrogens (tertiary/aromatic N) is 3. The zero-order valence-corrected chi connectivity index (χ0v) is 13.3. The van der Waals surface area contributed by atoms with Gasteiger partial charge in [-0.25, -0.2) is 4.39 Å². The molecule has 1 heterocycles. The average molecular weight is 329 g/mol. The van der Waals surface area contributed by atoms with Crippen molar-refractivity contribution in [3.63, 3.8) is 0 Å². The third-order valence-corrected chi connectivity index (χ3v) is 5.34. The van der Waals surface area contributed by atoms with Gasteiger partial charge in [0.1, 0.15) is 5.82 Å². The van der Waals surface area contributed by atoms with Crippen molar-refractivity contribution >= 4 is 5.91 Å². The number of nitrogens with one attached hydrogen (secondary N) is 2. The van der Waals surface area contributed by atoms with Gasteiger partial charge < -0.3 is 5.32 Å². The first-order valence-electron chi connectivity index (χ1n) is 8.49. The molecule has 1 amide bonds. The Morgan fingerprint density at radius 1 is 1.29 bits per heavy atom. The maximum absolute atomic E-state index is 13.5. The minimum atomic E-state index is -0.568. The molecule has 0 radical (unpaired) electrons. The highest BCUT2D eigenvalue weighted by atomic mass is 19.1. The molecule has 2 N–H and O–H groups in total. The highest BCUT2D eigenvalue weighted by molar-refractivity contribution is 5.91. The van der Waals surface area contributed by atoms with Crippen molar-refractivity contribution in [1.29, 1.82) is 0 Å². The largest absolute Gasteiger partial charge is 0.352 e. The standard InChI is InChI=1S/C17H20FN5O/c18-12-5-3-4-11(10-12)17(8-9-17)16(24)19-14-7-2-1-6-13(14)15-20-22-23-21-15/h3-5,10,13-14H,1-2,6-9H2,(H,19,24)(H,20,21,22,23). The SMILES string of the molecule is O=C(NC1CCCCC1c1nn[nH]n1)C1(c2cccc(F)c2)CC1. The molecule has 0 saturated heterocycles. The minimum absolute atomic E-state index is 0.00602. The third-order valence-electron chi connectivity index (χ3n) is 5.34. The number of benzene rings is 1. The van der Waals surface area contributed by atoms with E-state index in [2.05, 4.69) is 25.9 Å². The Labute approximate surface area is 139 Å². The lowest BCUT2D eigenvalue weighted by Crippen LogP contribution is -2.45. The smallest absolute Gasteiger partial charge is 0.230 e. The minimum Gasteiger partial charge on any atom is -0.352 e. The highest BCUT2D eigenvalue weighted by Crippen LogP contribution is 2.49. The van der Waals surface area contributed by atoms with Gasteiger partial charge in [0.25, 0.3) is 0 Å². The van der Waals surface area contributed by atoms with Crippen molar-refractivity contribution in [2.75, 3.05) is 0 Å². The van der Waals surface area contributed by atoms with Crippen LogP contribution in [0.3, 0.4) is 0 Å². The molecule has 2 aromatic rings. The molecule has 4 rings (SSSR count). The molecule has 2 fully saturated rings. The normalized spacial score (nSPS) is 25.2. The van der Waals surface area contributed by atoms with Crippen LogP contribution < -0.4 is 5.32 Å². The number of rotatable bonds is 4. The predicted octanol–water partition coefficient (Wildman–Crippen LogP) is 2.21. The summed E-state index contributed by atoms with van der Waals surface area (Å²) < 4.78 is 13.5. The molecule has 2 atom stereocenters. The topological polar surface area (TPSA) is 83.6 Å². The van der Waals surface area contributed by atoms with Crippen molar-refractivity contribution in [3.8, 4) is 0 Å². The molecule has 0 bridgehead atoms. The van der Waals surface area contributed by atoms with E-state index in [0.717, 1.165) is 44.1 Å². The lowest BCUT2D eigenvalue weighted by atomic mass is 9.83. The van der Waals surface area contributed by atoms with Gasteiger partial charge in [0, 0.05) is 12.0 Å². The zero-order valence-electron chi connectivity index (χ0n) is 13.3. The maximum Gasteiger partial charge on any atom is 0.230 e. The van der Waals surface area contributed by atoms with E-state index in [-0.39, 0.29) is 23.7 Å². The summed E-state index contributed by atoms with van der Waals surface area (Å²) in [7, 11) is 0. The first-order valence-corrected chi connectivity index (χ1v) is 8.49. The monoisotopic (exact) mass is 329 g/mol. The molecular formula is C17H20FN5O. The number of hydrogen-bond acceptors (Lipinski definition) is 4. The van der Waals surface area contributed by atoms with Crippen LogP contribution >= 0.6 is 0 Å². The summed E-state index contributed by atoms with van der Waals surface area (Å²) in [5.74, 6) is 0.447. The number of carbonyl (C=O) groups excluding carboxylic acids is 1. The van der Waals surface area contributed by atoms with Gasteiger partial charge in [0.15, 0.2) is 5.82 Å². The summed E-state index contributed by atoms with van der Waals surface area (Å²) in [6.07, 6.45) is 5.55. The van der Waals surface area contributed by atoms with Crippen molar-refractivity contribution in [2.45, 2.75) is 55.9 Å². The average Bonchev–Trinajstić information content (AvgIpc) is 3.24. The number of amides is 1. The van der Waals surface area contributed by atoms with E-state index in [9.17, 15) is 9.18 Å². The molecule has 2 unspecified atom stereocenters. The number of H-pyrrole nitrogens is 1. The Morgan fingerprint density at radius 2 is 2.12 bits per heavy atom. The van der Waals surface area contributed by atoms with Crippen molar-refractivity contribution < 1.29 is 9.18 Å². The second kappa shape index (κ2) is 5.96. The lowest BCUT2D eigenvalue weighted by Gasteiger charge is -2.31. The highest BCUT2D eigenvalue weighted by Gasteiger charge is 2.52. The molecule has 126 valence electrons. The number of aromatic nitrogens is 4. The summed E-state index contributed by atoms with van der Waals surface area (Å²) >= 11 is 0. The lowest BCUT2D eigenvalue weighted by molar-refractivity contribution is -0.124. The van der Waals surface area contributed by atoms with Crippen LogP contribution in [0.15, 0.2) is 24.3 Å². The number of aromatic amines is 1. The van der Waals surface area contributed by atoms with E-state index in [1.54, 1.807) is 6.07 Å². The second-order valence-corrected chi connectivity index (χ2v) is 6.83. The van der Waals surface area contributed by atoms with E-state index in [1.807, 2.05) is 6.07 Å². The van der Waals surface area contributed by atoms with Crippen molar-refractivity contribution in [1.82, 2.24) is 25.9 Å². The van der Waals surface area contributed by atoms with Crippen LogP contribution in [-0.4, -0.2) is 32.6 Å². The number of carbonyl (C=O) groups is 1. The Morgan fingerprint density at radius 3 is 2.83 bits per heavy atom. The summed E-state index contributed by atoms with van der Waals surface area (Å²) in [6.45, 7) is 0. The van der Waals surface area contributed by atoms with E-state index >= 15 is 0 Å². The quantitative estimate of drug-likeness (QED) is 0.901. The molecule has 2 aliphatic carbocycles. The summed E-state index contributed by atoms with van der Waals surface area (Å²) in [5.41, 5.74) is 0.202. The molecule has 2 aliphatic rings. The van der Waals surface area contributed by atoms with Crippen LogP contribution in [0.25, 0.3) is 0 Å². The van der Waals surface area contributed by atoms with E-state index < -0.39 is 5.41 Å². The Bertz CT molecular complexity index is 728. The van der Waals surface area contributed by atoms with Crippen LogP contribution in [-0.2, 0) is 10.2 Å². The Kier molecular flexibility index (Phi) is 3.78. The van der Waals surface area contributed by atoms with Gasteiger partial charge in [-0.1, -0.05) is 30.2 Å². The summed E-state index contributed by atoms with van der Waals surface area (Å²) in [4.78, 5) is 12.9. The Balaban J connectivity index is 1.52. The first kappa shape index (κ1) is 15.2. The van der Waals surface area contributed by atoms with E-state index in [4.69, 9.17) is 0 Å². The second-order valence-electron chi connectivity index (χ2n) is 6.83. The van der Waals surface area contributed by atoms with Gasteiger partial charge in [-0.05, 0) is 43.4 Å². The van der Waals surface area contributed by atoms with Crippen LogP contribution in [0.5, 0.6) is 0 Å². The fourth-order valence-electron chi connectivity index (χ4n) is 3.80. The molecule has 1 aromatic carbocycles. The fourth-order valence-corrected chi connectivity index (χ4v) is 3.80. The molecule has 24 heavy (non-hydrogen) atoms. The summed E-state index contributed by atoms with van der Waals surface area (Å²) in [5, 5.41) is 17.5. The molecular weight excluding hydrogens is 309 g/mol. The molecule has 6 nitrogen and oxygen atoms in total. The zero-order chi connectivity index (χ0) is 16.6. The maximum atomic E-state index is 13.5. The molecule has 0 aliphatic heterocycles. The molecule has 0 spiro atoms. The predicted molar refractivity (Wildman–Crippen MR) is 84.6 cm³/mol. The van der Waals surface area contributed by atoms with Gasteiger partial charge in [-0.2, -0.15) is 5.21 Å². The third kappa shape index (κ3) is 2.68. The van der Waals surface area contributed by atoms with Gasteiger partial charge in [-0.15, -0.1) is 10.2 Å². The van der Waals surface area contributed by atoms with Crippen LogP contribution in [0, 0.1) is 5.82 Å². The van der Waals surface area contributed by atoms with Gasteiger partial charge in [-0.3, -0.25) is 4.79 Å². The fraction of sp³-hybridized carbons (Fsp3) is 0.529. The number of tetrazole rings is 1. The summed E-state index contributed by atoms with van der Waals surface area (Å²) in [6, 6.07) is 6.40. The van der Waals surface area contributed by atoms with Crippen molar-refractivity contribution in [3.05, 3.63) is 41.5 Å². The van der Waals surface area contributed by atoms with Gasteiger partial charge in [0.05, 0.1) is 5.41 Å². The van der Waals surface area contributed by atoms with Crippen LogP contribution in [0.4, 0.5) is 4.39 Å². The molecule has 2 saturated carbocycles. The van der Waals surface area contributed by atoms with Crippen LogP contribution in [0.2, 0.25) is 0 Å². The van der Waals surface area contributed by atoms with E-state index in [1.165, 1.54) is 12.1 Å².